The lowest BCUT2D eigenvalue weighted by atomic mass is 10.2. The van der Waals surface area contributed by atoms with Gasteiger partial charge in [-0.05, 0) is 30.5 Å². The summed E-state index contributed by atoms with van der Waals surface area (Å²) >= 11 is 0. The molecule has 3 nitrogen and oxygen atoms in total. The van der Waals surface area contributed by atoms with E-state index < -0.39 is 0 Å². The maximum Gasteiger partial charge on any atom is 0.119 e. The molecule has 0 radical (unpaired) electrons. The van der Waals surface area contributed by atoms with Crippen molar-refractivity contribution < 1.29 is 9.47 Å². The summed E-state index contributed by atoms with van der Waals surface area (Å²) in [5.74, 6) is 0.959. The van der Waals surface area contributed by atoms with Crippen LogP contribution < -0.4 is 10.1 Å². The van der Waals surface area contributed by atoms with E-state index in [0.29, 0.717) is 6.61 Å². The fraction of sp³-hybridized carbons (Fsp3) is 0.625. The predicted octanol–water partition coefficient (Wildman–Crippen LogP) is 3.03. The molecule has 1 N–H and O–H groups in total. The van der Waals surface area contributed by atoms with Crippen LogP contribution in [-0.4, -0.2) is 32.9 Å². The van der Waals surface area contributed by atoms with Crippen LogP contribution in [0.4, 0.5) is 0 Å². The summed E-state index contributed by atoms with van der Waals surface area (Å²) in [6, 6.07) is 8.28. The second-order valence-electron chi connectivity index (χ2n) is 4.57. The van der Waals surface area contributed by atoms with E-state index in [2.05, 4.69) is 31.3 Å². The number of aryl methyl sites for hydroxylation is 1. The molecular weight excluding hydrogens is 238 g/mol. The summed E-state index contributed by atoms with van der Waals surface area (Å²) in [6.45, 7) is 8.42. The van der Waals surface area contributed by atoms with E-state index in [1.165, 1.54) is 12.0 Å². The predicted molar refractivity (Wildman–Crippen MR) is 79.9 cm³/mol. The zero-order valence-electron chi connectivity index (χ0n) is 12.3. The van der Waals surface area contributed by atoms with Crippen molar-refractivity contribution in [1.82, 2.24) is 5.32 Å². The fourth-order valence-corrected chi connectivity index (χ4v) is 1.71. The number of nitrogens with one attached hydrogen (secondary N) is 1. The van der Waals surface area contributed by atoms with Gasteiger partial charge in [0.15, 0.2) is 0 Å². The van der Waals surface area contributed by atoms with Crippen LogP contribution in [0.25, 0.3) is 0 Å². The Morgan fingerprint density at radius 2 is 1.89 bits per heavy atom. The van der Waals surface area contributed by atoms with Gasteiger partial charge in [-0.25, -0.2) is 0 Å². The second kappa shape index (κ2) is 10.8. The van der Waals surface area contributed by atoms with Crippen molar-refractivity contribution in [3.8, 4) is 5.75 Å². The molecule has 0 saturated heterocycles. The third-order valence-electron chi connectivity index (χ3n) is 2.92. The molecule has 0 heterocycles. The largest absolute Gasteiger partial charge is 0.492 e. The Kier molecular flexibility index (Phi) is 9.11. The zero-order valence-corrected chi connectivity index (χ0v) is 12.3. The molecule has 0 spiro atoms. The standard InChI is InChI=1S/C16H27NO2/c1-3-5-11-18-12-9-17-10-13-19-16-8-6-7-15(4-2)14-16/h6-8,14,17H,3-5,9-13H2,1-2H3. The van der Waals surface area contributed by atoms with E-state index in [1.807, 2.05) is 12.1 Å². The third kappa shape index (κ3) is 7.85. The molecule has 0 aliphatic rings. The Morgan fingerprint density at radius 1 is 1.05 bits per heavy atom. The van der Waals surface area contributed by atoms with Crippen LogP contribution in [0, 0.1) is 0 Å². The van der Waals surface area contributed by atoms with Gasteiger partial charge in [-0.3, -0.25) is 0 Å². The van der Waals surface area contributed by atoms with Gasteiger partial charge in [0.25, 0.3) is 0 Å². The van der Waals surface area contributed by atoms with E-state index >= 15 is 0 Å². The summed E-state index contributed by atoms with van der Waals surface area (Å²) in [6.07, 6.45) is 3.39. The summed E-state index contributed by atoms with van der Waals surface area (Å²) in [4.78, 5) is 0. The number of hydrogen-bond donors (Lipinski definition) is 1. The van der Waals surface area contributed by atoms with Crippen molar-refractivity contribution in [1.29, 1.82) is 0 Å². The maximum absolute atomic E-state index is 5.69. The summed E-state index contributed by atoms with van der Waals surface area (Å²) in [5.41, 5.74) is 1.31. The zero-order chi connectivity index (χ0) is 13.8. The number of unbranched alkanes of at least 4 members (excludes halogenated alkanes) is 1. The number of rotatable bonds is 11. The number of ether oxygens (including phenoxy) is 2. The topological polar surface area (TPSA) is 30.5 Å². The van der Waals surface area contributed by atoms with Gasteiger partial charge in [0, 0.05) is 19.7 Å². The lowest BCUT2D eigenvalue weighted by Crippen LogP contribution is -2.25. The maximum atomic E-state index is 5.69. The van der Waals surface area contributed by atoms with Crippen molar-refractivity contribution in [2.75, 3.05) is 32.9 Å². The van der Waals surface area contributed by atoms with Gasteiger partial charge in [0.1, 0.15) is 12.4 Å². The van der Waals surface area contributed by atoms with Crippen molar-refractivity contribution in [2.24, 2.45) is 0 Å². The molecule has 19 heavy (non-hydrogen) atoms. The Balaban J connectivity index is 1.98. The van der Waals surface area contributed by atoms with Crippen molar-refractivity contribution >= 4 is 0 Å². The highest BCUT2D eigenvalue weighted by Crippen LogP contribution is 2.13. The molecule has 0 amide bonds. The van der Waals surface area contributed by atoms with Crippen molar-refractivity contribution in [3.05, 3.63) is 29.8 Å². The summed E-state index contributed by atoms with van der Waals surface area (Å²) in [5, 5.41) is 3.31. The minimum Gasteiger partial charge on any atom is -0.492 e. The molecule has 0 saturated carbocycles. The van der Waals surface area contributed by atoms with Crippen LogP contribution in [-0.2, 0) is 11.2 Å². The van der Waals surface area contributed by atoms with Crippen molar-refractivity contribution in [3.63, 3.8) is 0 Å². The Hall–Kier alpha value is -1.06. The number of hydrogen-bond acceptors (Lipinski definition) is 3. The van der Waals surface area contributed by atoms with Crippen molar-refractivity contribution in [2.45, 2.75) is 33.1 Å². The number of benzene rings is 1. The van der Waals surface area contributed by atoms with Gasteiger partial charge in [-0.1, -0.05) is 32.4 Å². The highest BCUT2D eigenvalue weighted by Gasteiger charge is 1.95. The Bertz CT molecular complexity index is 328. The van der Waals surface area contributed by atoms with Gasteiger partial charge in [0.2, 0.25) is 0 Å². The van der Waals surface area contributed by atoms with Crippen LogP contribution in [0.1, 0.15) is 32.3 Å². The molecule has 0 atom stereocenters. The van der Waals surface area contributed by atoms with E-state index in [0.717, 1.165) is 44.9 Å². The van der Waals surface area contributed by atoms with Crippen LogP contribution in [0.2, 0.25) is 0 Å². The average Bonchev–Trinajstić information content (AvgIpc) is 2.46. The van der Waals surface area contributed by atoms with Crippen LogP contribution in [0.15, 0.2) is 24.3 Å². The molecule has 0 bridgehead atoms. The van der Waals surface area contributed by atoms with E-state index in [-0.39, 0.29) is 0 Å². The molecular formula is C16H27NO2. The van der Waals surface area contributed by atoms with Crippen LogP contribution >= 0.6 is 0 Å². The molecule has 1 aromatic rings. The molecule has 0 fully saturated rings. The molecule has 1 rings (SSSR count). The molecule has 0 aromatic heterocycles. The normalized spacial score (nSPS) is 10.6. The summed E-state index contributed by atoms with van der Waals surface area (Å²) in [7, 11) is 0. The van der Waals surface area contributed by atoms with Crippen LogP contribution in [0.3, 0.4) is 0 Å². The van der Waals surface area contributed by atoms with E-state index in [1.54, 1.807) is 0 Å². The molecule has 0 aliphatic carbocycles. The minimum absolute atomic E-state index is 0.697. The first-order chi connectivity index (χ1) is 9.36. The lowest BCUT2D eigenvalue weighted by Gasteiger charge is -2.09. The SMILES string of the molecule is CCCCOCCNCCOc1cccc(CC)c1. The molecule has 0 unspecified atom stereocenters. The first kappa shape index (κ1) is 16.0. The smallest absolute Gasteiger partial charge is 0.119 e. The monoisotopic (exact) mass is 265 g/mol. The average molecular weight is 265 g/mol. The van der Waals surface area contributed by atoms with Gasteiger partial charge in [0.05, 0.1) is 6.61 Å². The van der Waals surface area contributed by atoms with Crippen LogP contribution in [0.5, 0.6) is 5.75 Å². The highest BCUT2D eigenvalue weighted by atomic mass is 16.5. The Labute approximate surface area is 117 Å². The molecule has 0 aliphatic heterocycles. The fourth-order valence-electron chi connectivity index (χ4n) is 1.71. The minimum atomic E-state index is 0.697. The first-order valence-corrected chi connectivity index (χ1v) is 7.37. The second-order valence-corrected chi connectivity index (χ2v) is 4.57. The molecule has 3 heteroatoms. The molecule has 108 valence electrons. The lowest BCUT2D eigenvalue weighted by molar-refractivity contribution is 0.132. The van der Waals surface area contributed by atoms with Gasteiger partial charge in [-0.15, -0.1) is 0 Å². The van der Waals surface area contributed by atoms with E-state index in [9.17, 15) is 0 Å². The summed E-state index contributed by atoms with van der Waals surface area (Å²) < 4.78 is 11.2. The molecule has 1 aromatic carbocycles. The van der Waals surface area contributed by atoms with Gasteiger partial charge in [-0.2, -0.15) is 0 Å². The van der Waals surface area contributed by atoms with Gasteiger partial charge >= 0.3 is 0 Å². The van der Waals surface area contributed by atoms with E-state index in [4.69, 9.17) is 9.47 Å². The third-order valence-corrected chi connectivity index (χ3v) is 2.92. The first-order valence-electron chi connectivity index (χ1n) is 7.37. The quantitative estimate of drug-likeness (QED) is 0.624. The Morgan fingerprint density at radius 3 is 2.68 bits per heavy atom. The van der Waals surface area contributed by atoms with Gasteiger partial charge < -0.3 is 14.8 Å². The highest BCUT2D eigenvalue weighted by molar-refractivity contribution is 5.28.